The standard InChI is InChI=1S/C24H29NO2/c1-2-3-4-5-6-7-8-12-19-23(26)25-22-18-14-13-17-21(22)24(27)20-15-10-9-11-16-20/h2,9-11,13-18H,1,3-8,12,19H2,(H,25,26). The first-order valence-electron chi connectivity index (χ1n) is 9.82. The van der Waals surface area contributed by atoms with E-state index in [0.29, 0.717) is 23.2 Å². The monoisotopic (exact) mass is 363 g/mol. The molecule has 0 radical (unpaired) electrons. The lowest BCUT2D eigenvalue weighted by molar-refractivity contribution is -0.116. The van der Waals surface area contributed by atoms with E-state index in [2.05, 4.69) is 11.9 Å². The first-order chi connectivity index (χ1) is 13.2. The van der Waals surface area contributed by atoms with Gasteiger partial charge < -0.3 is 5.32 Å². The molecule has 2 aromatic rings. The summed E-state index contributed by atoms with van der Waals surface area (Å²) in [6.45, 7) is 3.73. The number of nitrogens with one attached hydrogen (secondary N) is 1. The summed E-state index contributed by atoms with van der Waals surface area (Å²) < 4.78 is 0. The fourth-order valence-electron chi connectivity index (χ4n) is 3.03. The van der Waals surface area contributed by atoms with Gasteiger partial charge in [0.1, 0.15) is 0 Å². The van der Waals surface area contributed by atoms with Gasteiger partial charge in [0.25, 0.3) is 0 Å². The Balaban J connectivity index is 1.81. The number of unbranched alkanes of at least 4 members (excludes halogenated alkanes) is 6. The Bertz CT molecular complexity index is 737. The van der Waals surface area contributed by atoms with Gasteiger partial charge in [-0.1, -0.05) is 74.2 Å². The number of carbonyl (C=O) groups excluding carboxylic acids is 2. The zero-order valence-corrected chi connectivity index (χ0v) is 16.0. The summed E-state index contributed by atoms with van der Waals surface area (Å²) >= 11 is 0. The van der Waals surface area contributed by atoms with Gasteiger partial charge in [0.05, 0.1) is 5.69 Å². The Hall–Kier alpha value is -2.68. The highest BCUT2D eigenvalue weighted by molar-refractivity contribution is 6.13. The van der Waals surface area contributed by atoms with Crippen molar-refractivity contribution >= 4 is 17.4 Å². The van der Waals surface area contributed by atoms with Crippen LogP contribution in [0.15, 0.2) is 67.3 Å². The summed E-state index contributed by atoms with van der Waals surface area (Å²) in [6, 6.07) is 16.3. The zero-order valence-electron chi connectivity index (χ0n) is 16.0. The highest BCUT2D eigenvalue weighted by atomic mass is 16.1. The highest BCUT2D eigenvalue weighted by Gasteiger charge is 2.14. The minimum absolute atomic E-state index is 0.0324. The van der Waals surface area contributed by atoms with Gasteiger partial charge >= 0.3 is 0 Å². The molecule has 0 unspecified atom stereocenters. The first-order valence-corrected chi connectivity index (χ1v) is 9.82. The van der Waals surface area contributed by atoms with E-state index in [9.17, 15) is 9.59 Å². The van der Waals surface area contributed by atoms with Crippen molar-refractivity contribution in [2.24, 2.45) is 0 Å². The predicted molar refractivity (Wildman–Crippen MR) is 112 cm³/mol. The molecule has 0 fully saturated rings. The van der Waals surface area contributed by atoms with Gasteiger partial charge in [-0.3, -0.25) is 9.59 Å². The summed E-state index contributed by atoms with van der Waals surface area (Å²) in [5.74, 6) is -0.110. The lowest BCUT2D eigenvalue weighted by Crippen LogP contribution is -2.14. The molecule has 0 saturated carbocycles. The Labute approximate surface area is 162 Å². The van der Waals surface area contributed by atoms with Gasteiger partial charge in [0.2, 0.25) is 5.91 Å². The van der Waals surface area contributed by atoms with E-state index < -0.39 is 0 Å². The second-order valence-electron chi connectivity index (χ2n) is 6.74. The number of para-hydroxylation sites is 1. The maximum atomic E-state index is 12.7. The minimum atomic E-state index is -0.0778. The molecule has 2 rings (SSSR count). The molecule has 3 heteroatoms. The van der Waals surface area contributed by atoms with Crippen molar-refractivity contribution in [3.63, 3.8) is 0 Å². The van der Waals surface area contributed by atoms with E-state index in [-0.39, 0.29) is 11.7 Å². The van der Waals surface area contributed by atoms with Gasteiger partial charge in [-0.15, -0.1) is 6.58 Å². The fraction of sp³-hybridized carbons (Fsp3) is 0.333. The van der Waals surface area contributed by atoms with Crippen LogP contribution < -0.4 is 5.32 Å². The molecular weight excluding hydrogens is 334 g/mol. The van der Waals surface area contributed by atoms with Crippen LogP contribution in [0.25, 0.3) is 0 Å². The van der Waals surface area contributed by atoms with Crippen LogP contribution in [0, 0.1) is 0 Å². The number of allylic oxidation sites excluding steroid dienone is 1. The second-order valence-corrected chi connectivity index (χ2v) is 6.74. The van der Waals surface area contributed by atoms with E-state index in [1.807, 2.05) is 36.4 Å². The SMILES string of the molecule is C=CCCCCCCCCC(=O)Nc1ccccc1C(=O)c1ccccc1. The molecule has 0 bridgehead atoms. The summed E-state index contributed by atoms with van der Waals surface area (Å²) in [6.07, 6.45) is 10.3. The van der Waals surface area contributed by atoms with Gasteiger partial charge in [0.15, 0.2) is 5.78 Å². The number of hydrogen-bond acceptors (Lipinski definition) is 2. The molecule has 0 aliphatic carbocycles. The Morgan fingerprint density at radius 3 is 2.19 bits per heavy atom. The number of benzene rings is 2. The highest BCUT2D eigenvalue weighted by Crippen LogP contribution is 2.20. The van der Waals surface area contributed by atoms with Crippen LogP contribution in [0.2, 0.25) is 0 Å². The van der Waals surface area contributed by atoms with Crippen molar-refractivity contribution in [3.8, 4) is 0 Å². The van der Waals surface area contributed by atoms with Crippen LogP contribution in [0.5, 0.6) is 0 Å². The Kier molecular flexibility index (Phi) is 9.05. The third kappa shape index (κ3) is 7.22. The Morgan fingerprint density at radius 1 is 0.815 bits per heavy atom. The largest absolute Gasteiger partial charge is 0.325 e. The molecule has 1 N–H and O–H groups in total. The average molecular weight is 364 g/mol. The van der Waals surface area contributed by atoms with E-state index in [0.717, 1.165) is 25.7 Å². The van der Waals surface area contributed by atoms with E-state index in [1.165, 1.54) is 19.3 Å². The van der Waals surface area contributed by atoms with Gasteiger partial charge in [-0.2, -0.15) is 0 Å². The normalized spacial score (nSPS) is 10.4. The van der Waals surface area contributed by atoms with Crippen molar-refractivity contribution in [2.45, 2.75) is 51.4 Å². The number of amides is 1. The molecule has 3 nitrogen and oxygen atoms in total. The van der Waals surface area contributed by atoms with Crippen LogP contribution in [-0.2, 0) is 4.79 Å². The van der Waals surface area contributed by atoms with Crippen LogP contribution in [0.4, 0.5) is 5.69 Å². The van der Waals surface area contributed by atoms with E-state index in [1.54, 1.807) is 24.3 Å². The fourth-order valence-corrected chi connectivity index (χ4v) is 3.03. The van der Waals surface area contributed by atoms with Crippen molar-refractivity contribution in [1.82, 2.24) is 0 Å². The molecule has 2 aromatic carbocycles. The van der Waals surface area contributed by atoms with Crippen molar-refractivity contribution < 1.29 is 9.59 Å². The quantitative estimate of drug-likeness (QED) is 0.279. The Morgan fingerprint density at radius 2 is 1.44 bits per heavy atom. The number of carbonyl (C=O) groups is 2. The number of anilines is 1. The van der Waals surface area contributed by atoms with Gasteiger partial charge in [-0.05, 0) is 31.4 Å². The van der Waals surface area contributed by atoms with Crippen LogP contribution in [-0.4, -0.2) is 11.7 Å². The molecule has 0 aromatic heterocycles. The molecule has 0 aliphatic rings. The summed E-state index contributed by atoms with van der Waals surface area (Å²) in [5.41, 5.74) is 1.73. The number of rotatable bonds is 12. The lowest BCUT2D eigenvalue weighted by Gasteiger charge is -2.10. The summed E-state index contributed by atoms with van der Waals surface area (Å²) in [7, 11) is 0. The van der Waals surface area contributed by atoms with Crippen molar-refractivity contribution in [3.05, 3.63) is 78.4 Å². The molecule has 0 atom stereocenters. The third-order valence-electron chi connectivity index (χ3n) is 4.54. The summed E-state index contributed by atoms with van der Waals surface area (Å²) in [5, 5.41) is 2.91. The molecule has 0 heterocycles. The molecular formula is C24H29NO2. The molecule has 1 amide bonds. The molecule has 27 heavy (non-hydrogen) atoms. The van der Waals surface area contributed by atoms with Crippen LogP contribution >= 0.6 is 0 Å². The predicted octanol–water partition coefficient (Wildman–Crippen LogP) is 6.16. The molecule has 142 valence electrons. The van der Waals surface area contributed by atoms with Gasteiger partial charge in [-0.25, -0.2) is 0 Å². The lowest BCUT2D eigenvalue weighted by atomic mass is 10.0. The van der Waals surface area contributed by atoms with E-state index >= 15 is 0 Å². The molecule has 0 aliphatic heterocycles. The smallest absolute Gasteiger partial charge is 0.224 e. The first kappa shape index (κ1) is 20.6. The number of hydrogen-bond donors (Lipinski definition) is 1. The minimum Gasteiger partial charge on any atom is -0.325 e. The molecule has 0 spiro atoms. The van der Waals surface area contributed by atoms with Crippen LogP contribution in [0.1, 0.15) is 67.3 Å². The average Bonchev–Trinajstić information content (AvgIpc) is 2.70. The van der Waals surface area contributed by atoms with Crippen molar-refractivity contribution in [1.29, 1.82) is 0 Å². The van der Waals surface area contributed by atoms with Gasteiger partial charge in [0, 0.05) is 17.5 Å². The summed E-state index contributed by atoms with van der Waals surface area (Å²) in [4.78, 5) is 25.0. The van der Waals surface area contributed by atoms with Crippen LogP contribution in [0.3, 0.4) is 0 Å². The van der Waals surface area contributed by atoms with E-state index in [4.69, 9.17) is 0 Å². The van der Waals surface area contributed by atoms with Crippen molar-refractivity contribution in [2.75, 3.05) is 5.32 Å². The maximum Gasteiger partial charge on any atom is 0.224 e. The second kappa shape index (κ2) is 11.8. The third-order valence-corrected chi connectivity index (χ3v) is 4.54. The number of ketones is 1. The zero-order chi connectivity index (χ0) is 19.3. The topological polar surface area (TPSA) is 46.2 Å². The molecule has 0 saturated heterocycles. The maximum absolute atomic E-state index is 12.7.